The Kier molecular flexibility index (Phi) is 24.0. The molecule has 1 heterocycles. The second kappa shape index (κ2) is 27.9. The number of carbonyl (C=O) groups is 6. The maximum absolute atomic E-state index is 12.9. The van der Waals surface area contributed by atoms with Crippen molar-refractivity contribution in [2.75, 3.05) is 100 Å². The molecule has 4 N–H and O–H groups in total. The predicted octanol–water partition coefficient (Wildman–Crippen LogP) is -2.16. The first-order valence-electron chi connectivity index (χ1n) is 16.6. The minimum atomic E-state index is -1.83. The molecule has 55 heavy (non-hydrogen) atoms. The number of amides is 2. The van der Waals surface area contributed by atoms with E-state index in [1.165, 1.54) is 23.9 Å². The average molecular weight is 783 g/mol. The molecule has 22 heteroatoms. The van der Waals surface area contributed by atoms with E-state index in [0.29, 0.717) is 0 Å². The van der Waals surface area contributed by atoms with Gasteiger partial charge in [0.2, 0.25) is 29.5 Å². The van der Waals surface area contributed by atoms with Crippen LogP contribution in [0.15, 0.2) is 60.6 Å². The Hall–Kier alpha value is -5.68. The molecule has 1 unspecified atom stereocenters. The van der Waals surface area contributed by atoms with Crippen LogP contribution in [0.4, 0.5) is 0 Å². The zero-order valence-corrected chi connectivity index (χ0v) is 31.0. The fourth-order valence-corrected chi connectivity index (χ4v) is 3.76. The van der Waals surface area contributed by atoms with Gasteiger partial charge in [-0.15, -0.1) is 0 Å². The van der Waals surface area contributed by atoms with Gasteiger partial charge in [-0.1, -0.05) is 26.3 Å². The zero-order chi connectivity index (χ0) is 40.9. The van der Waals surface area contributed by atoms with Crippen molar-refractivity contribution in [2.24, 2.45) is 9.98 Å². The van der Waals surface area contributed by atoms with Crippen LogP contribution in [-0.4, -0.2) is 164 Å². The Morgan fingerprint density at radius 2 is 0.982 bits per heavy atom. The van der Waals surface area contributed by atoms with Crippen molar-refractivity contribution < 1.29 is 66.7 Å². The third-order valence-electron chi connectivity index (χ3n) is 6.46. The van der Waals surface area contributed by atoms with Crippen LogP contribution in [0.3, 0.4) is 0 Å². The first kappa shape index (κ1) is 47.3. The summed E-state index contributed by atoms with van der Waals surface area (Å²) in [4.78, 5) is 83.7. The third-order valence-corrected chi connectivity index (χ3v) is 6.46. The molecule has 0 saturated carbocycles. The Morgan fingerprint density at radius 1 is 0.600 bits per heavy atom. The van der Waals surface area contributed by atoms with Gasteiger partial charge in [0, 0.05) is 38.4 Å². The van der Waals surface area contributed by atoms with E-state index in [1.807, 2.05) is 0 Å². The van der Waals surface area contributed by atoms with Gasteiger partial charge in [-0.2, -0.15) is 0 Å². The highest BCUT2D eigenvalue weighted by Crippen LogP contribution is 2.20. The maximum Gasteiger partial charge on any atom is 0.330 e. The van der Waals surface area contributed by atoms with Crippen LogP contribution in [0.2, 0.25) is 0 Å². The summed E-state index contributed by atoms with van der Waals surface area (Å²) in [6.45, 7) is 11.2. The standard InChI is InChI=1S/C33H50N8O14/c1-7-27(44)52-15-11-48-21-36-33(19-25(42)34-5)38-31(40(20-26(43)35-6)22-49-12-16-53-28(45)8-2)37-32(39-33)41(23-50-13-17-54-29(46)9-3)24-51-14-18-55-30(47)10-4/h7-10,36H,1-4,11-24H2,5-6H3,(H,34,42)(H,35,43)(H,37,38,39). The minimum Gasteiger partial charge on any atom is -0.460 e. The van der Waals surface area contributed by atoms with Gasteiger partial charge in [0.1, 0.15) is 53.2 Å². The van der Waals surface area contributed by atoms with E-state index >= 15 is 0 Å². The van der Waals surface area contributed by atoms with Gasteiger partial charge in [0.15, 0.2) is 0 Å². The largest absolute Gasteiger partial charge is 0.460 e. The summed E-state index contributed by atoms with van der Waals surface area (Å²) in [5.74, 6) is -5.43. The lowest BCUT2D eigenvalue weighted by Gasteiger charge is -2.38. The molecule has 0 spiro atoms. The van der Waals surface area contributed by atoms with Crippen LogP contribution >= 0.6 is 0 Å². The monoisotopic (exact) mass is 782 g/mol. The van der Waals surface area contributed by atoms with Crippen molar-refractivity contribution in [3.05, 3.63) is 50.6 Å². The molecule has 2 amide bonds. The summed E-state index contributed by atoms with van der Waals surface area (Å²) in [6.07, 6.45) is 3.58. The lowest BCUT2D eigenvalue weighted by molar-refractivity contribution is -0.141. The van der Waals surface area contributed by atoms with Crippen molar-refractivity contribution in [2.45, 2.75) is 12.2 Å². The first-order valence-corrected chi connectivity index (χ1v) is 16.6. The molecule has 22 nitrogen and oxygen atoms in total. The molecule has 0 aliphatic carbocycles. The normalized spacial score (nSPS) is 14.4. The van der Waals surface area contributed by atoms with Gasteiger partial charge in [-0.3, -0.25) is 25.1 Å². The second-order valence-corrected chi connectivity index (χ2v) is 10.4. The molecular weight excluding hydrogens is 732 g/mol. The summed E-state index contributed by atoms with van der Waals surface area (Å²) in [7, 11) is 2.84. The molecule has 306 valence electrons. The maximum atomic E-state index is 12.9. The summed E-state index contributed by atoms with van der Waals surface area (Å²) in [5, 5.41) is 11.1. The van der Waals surface area contributed by atoms with Gasteiger partial charge in [0.25, 0.3) is 0 Å². The van der Waals surface area contributed by atoms with Crippen molar-refractivity contribution in [1.82, 2.24) is 31.1 Å². The lowest BCUT2D eigenvalue weighted by Crippen LogP contribution is -2.61. The van der Waals surface area contributed by atoms with Crippen molar-refractivity contribution >= 4 is 47.6 Å². The highest BCUT2D eigenvalue weighted by atomic mass is 16.6. The van der Waals surface area contributed by atoms with Gasteiger partial charge >= 0.3 is 23.9 Å². The van der Waals surface area contributed by atoms with Crippen molar-refractivity contribution in [1.29, 1.82) is 0 Å². The fourth-order valence-electron chi connectivity index (χ4n) is 3.76. The molecule has 0 fully saturated rings. The smallest absolute Gasteiger partial charge is 0.330 e. The van der Waals surface area contributed by atoms with Crippen LogP contribution in [0, 0.1) is 0 Å². The van der Waals surface area contributed by atoms with E-state index in [9.17, 15) is 28.8 Å². The average Bonchev–Trinajstić information content (AvgIpc) is 3.19. The summed E-state index contributed by atoms with van der Waals surface area (Å²) in [6, 6.07) is 0. The van der Waals surface area contributed by atoms with E-state index in [1.54, 1.807) is 0 Å². The first-order chi connectivity index (χ1) is 26.5. The van der Waals surface area contributed by atoms with Crippen LogP contribution in [0.1, 0.15) is 6.42 Å². The van der Waals surface area contributed by atoms with Crippen LogP contribution < -0.4 is 21.3 Å². The number of carbonyl (C=O) groups excluding carboxylic acids is 6. The molecular formula is C33H50N8O14. The SMILES string of the molecule is C=CC(=O)OCCOCNC1(CC(=O)NC)N=C(N(COCCOC(=O)C=C)COCCOC(=O)C=C)NC(N(COCCOC(=O)C=C)CC(=O)NC)=N1. The second-order valence-electron chi connectivity index (χ2n) is 10.4. The lowest BCUT2D eigenvalue weighted by atomic mass is 10.2. The zero-order valence-electron chi connectivity index (χ0n) is 31.0. The number of aliphatic imine (C=N–C) groups is 2. The highest BCUT2D eigenvalue weighted by Gasteiger charge is 2.39. The molecule has 0 bridgehead atoms. The number of rotatable bonds is 29. The van der Waals surface area contributed by atoms with E-state index in [-0.39, 0.29) is 98.2 Å². The quantitative estimate of drug-likeness (QED) is 0.0207. The summed E-state index contributed by atoms with van der Waals surface area (Å²) < 4.78 is 42.6. The Bertz CT molecular complexity index is 1360. The van der Waals surface area contributed by atoms with Crippen LogP contribution in [0.5, 0.6) is 0 Å². The Labute approximate surface area is 318 Å². The number of guanidine groups is 2. The topological polar surface area (TPSA) is 256 Å². The molecule has 0 aromatic heterocycles. The van der Waals surface area contributed by atoms with E-state index < -0.39 is 47.9 Å². The molecule has 0 radical (unpaired) electrons. The van der Waals surface area contributed by atoms with Gasteiger partial charge in [0.05, 0.1) is 39.6 Å². The number of ether oxygens (including phenoxy) is 8. The van der Waals surface area contributed by atoms with E-state index in [0.717, 1.165) is 24.3 Å². The number of likely N-dealkylation sites (N-methyl/N-ethyl adjacent to an activating group) is 1. The Morgan fingerprint density at radius 3 is 1.38 bits per heavy atom. The number of esters is 4. The number of nitrogens with zero attached hydrogens (tertiary/aromatic N) is 4. The minimum absolute atomic E-state index is 0.00527. The molecule has 0 aromatic rings. The predicted molar refractivity (Wildman–Crippen MR) is 193 cm³/mol. The van der Waals surface area contributed by atoms with E-state index in [4.69, 9.17) is 47.9 Å². The molecule has 1 atom stereocenters. The summed E-state index contributed by atoms with van der Waals surface area (Å²) >= 11 is 0. The fraction of sp³-hybridized carbons (Fsp3) is 0.515. The van der Waals surface area contributed by atoms with Crippen molar-refractivity contribution in [3.63, 3.8) is 0 Å². The number of hydrogen-bond acceptors (Lipinski definition) is 20. The molecule has 1 rings (SSSR count). The van der Waals surface area contributed by atoms with Crippen molar-refractivity contribution in [3.8, 4) is 0 Å². The summed E-state index contributed by atoms with van der Waals surface area (Å²) in [5.41, 5.74) is 0. The molecule has 1 aliphatic heterocycles. The third kappa shape index (κ3) is 20.4. The number of nitrogens with one attached hydrogen (secondary N) is 4. The van der Waals surface area contributed by atoms with Crippen LogP contribution in [-0.2, 0) is 66.7 Å². The highest BCUT2D eigenvalue weighted by molar-refractivity contribution is 6.01. The van der Waals surface area contributed by atoms with Gasteiger partial charge in [-0.05, 0) is 0 Å². The number of hydrogen-bond donors (Lipinski definition) is 4. The van der Waals surface area contributed by atoms with E-state index in [2.05, 4.69) is 47.6 Å². The molecule has 1 aliphatic rings. The van der Waals surface area contributed by atoms with Crippen LogP contribution in [0.25, 0.3) is 0 Å². The molecule has 0 aromatic carbocycles. The van der Waals surface area contributed by atoms with Gasteiger partial charge in [-0.25, -0.2) is 29.2 Å². The Balaban J connectivity index is 3.57. The van der Waals surface area contributed by atoms with Gasteiger partial charge < -0.3 is 53.4 Å². The molecule has 0 saturated heterocycles.